The van der Waals surface area contributed by atoms with Gasteiger partial charge in [-0.3, -0.25) is 5.43 Å². The van der Waals surface area contributed by atoms with Gasteiger partial charge in [-0.2, -0.15) is 5.10 Å². The molecule has 0 amide bonds. The topological polar surface area (TPSA) is 68.9 Å². The Morgan fingerprint density at radius 1 is 1.36 bits per heavy atom. The zero-order chi connectivity index (χ0) is 16.4. The fourth-order valence-electron chi connectivity index (χ4n) is 1.80. The molecule has 1 rings (SSSR count). The molecule has 0 saturated heterocycles. The lowest BCUT2D eigenvalue weighted by atomic mass is 10.1. The average Bonchev–Trinajstić information content (AvgIpc) is 2.47. The third-order valence-corrected chi connectivity index (χ3v) is 2.64. The number of nitrogens with one attached hydrogen (secondary N) is 1. The molecule has 0 fully saturated rings. The number of hydrogen-bond donors (Lipinski definition) is 2. The van der Waals surface area contributed by atoms with E-state index in [0.717, 1.165) is 11.1 Å². The zero-order valence-electron chi connectivity index (χ0n) is 12.7. The van der Waals surface area contributed by atoms with Crippen molar-refractivity contribution in [3.63, 3.8) is 0 Å². The van der Waals surface area contributed by atoms with Gasteiger partial charge in [0.1, 0.15) is 6.61 Å². The third-order valence-electron chi connectivity index (χ3n) is 2.55. The van der Waals surface area contributed by atoms with Crippen LogP contribution in [-0.2, 0) is 6.42 Å². The van der Waals surface area contributed by atoms with Crippen molar-refractivity contribution in [3.8, 4) is 11.5 Å². The van der Waals surface area contributed by atoms with Crippen molar-refractivity contribution in [2.24, 2.45) is 10.8 Å². The predicted octanol–water partition coefficient (Wildman–Crippen LogP) is 2.55. The van der Waals surface area contributed by atoms with E-state index in [4.69, 9.17) is 27.4 Å². The van der Waals surface area contributed by atoms with Crippen molar-refractivity contribution in [1.29, 1.82) is 0 Å². The van der Waals surface area contributed by atoms with Crippen LogP contribution in [0.4, 0.5) is 0 Å². The number of hydrogen-bond acceptors (Lipinski definition) is 4. The van der Waals surface area contributed by atoms with Gasteiger partial charge in [-0.25, -0.2) is 0 Å². The van der Waals surface area contributed by atoms with E-state index < -0.39 is 0 Å². The van der Waals surface area contributed by atoms with E-state index in [9.17, 15) is 0 Å². The Balaban J connectivity index is 3.19. The van der Waals surface area contributed by atoms with Crippen LogP contribution >= 0.6 is 12.2 Å². The van der Waals surface area contributed by atoms with Crippen LogP contribution in [0.3, 0.4) is 0 Å². The molecule has 1 aromatic carbocycles. The van der Waals surface area contributed by atoms with E-state index in [1.807, 2.05) is 19.1 Å². The summed E-state index contributed by atoms with van der Waals surface area (Å²) in [5, 5.41) is 4.07. The van der Waals surface area contributed by atoms with Crippen LogP contribution in [0.1, 0.15) is 18.1 Å². The molecule has 1 aromatic rings. The van der Waals surface area contributed by atoms with Crippen LogP contribution < -0.4 is 20.6 Å². The molecule has 118 valence electrons. The summed E-state index contributed by atoms with van der Waals surface area (Å²) in [6.45, 7) is 10.3. The smallest absolute Gasteiger partial charge is 0.184 e. The number of benzene rings is 1. The van der Waals surface area contributed by atoms with Gasteiger partial charge >= 0.3 is 0 Å². The SMILES string of the molecule is C=CCOc1c(CC=C)cc(C=NNC(N)=S)cc1OCC. The van der Waals surface area contributed by atoms with Gasteiger partial charge in [-0.15, -0.1) is 6.58 Å². The van der Waals surface area contributed by atoms with Gasteiger partial charge in [0.25, 0.3) is 0 Å². The van der Waals surface area contributed by atoms with Crippen LogP contribution in [0.2, 0.25) is 0 Å². The third kappa shape index (κ3) is 5.57. The lowest BCUT2D eigenvalue weighted by Crippen LogP contribution is -2.24. The normalized spacial score (nSPS) is 10.2. The largest absolute Gasteiger partial charge is 0.490 e. The molecule has 0 aliphatic rings. The lowest BCUT2D eigenvalue weighted by Gasteiger charge is -2.15. The van der Waals surface area contributed by atoms with E-state index in [2.05, 4.69) is 23.7 Å². The predicted molar refractivity (Wildman–Crippen MR) is 94.7 cm³/mol. The van der Waals surface area contributed by atoms with Crippen molar-refractivity contribution < 1.29 is 9.47 Å². The molecule has 0 heterocycles. The molecular weight excluding hydrogens is 298 g/mol. The number of hydrazone groups is 1. The molecule has 0 saturated carbocycles. The molecule has 0 aliphatic heterocycles. The van der Waals surface area contributed by atoms with Gasteiger partial charge in [0, 0.05) is 5.56 Å². The summed E-state index contributed by atoms with van der Waals surface area (Å²) >= 11 is 4.70. The Kier molecular flexibility index (Phi) is 7.70. The highest BCUT2D eigenvalue weighted by Crippen LogP contribution is 2.33. The Hall–Kier alpha value is -2.34. The second-order valence-electron chi connectivity index (χ2n) is 4.27. The van der Waals surface area contributed by atoms with Gasteiger partial charge in [0.05, 0.1) is 12.8 Å². The van der Waals surface area contributed by atoms with Gasteiger partial charge in [0.15, 0.2) is 16.6 Å². The van der Waals surface area contributed by atoms with Crippen molar-refractivity contribution >= 4 is 23.5 Å². The Morgan fingerprint density at radius 3 is 2.73 bits per heavy atom. The first-order valence-corrected chi connectivity index (χ1v) is 7.26. The number of allylic oxidation sites excluding steroid dienone is 1. The molecule has 0 spiro atoms. The summed E-state index contributed by atoms with van der Waals surface area (Å²) in [7, 11) is 0. The summed E-state index contributed by atoms with van der Waals surface area (Å²) in [6.07, 6.45) is 5.76. The van der Waals surface area contributed by atoms with Crippen LogP contribution in [0.25, 0.3) is 0 Å². The zero-order valence-corrected chi connectivity index (χ0v) is 13.5. The molecule has 0 unspecified atom stereocenters. The Labute approximate surface area is 136 Å². The lowest BCUT2D eigenvalue weighted by molar-refractivity contribution is 0.295. The van der Waals surface area contributed by atoms with Crippen molar-refractivity contribution in [3.05, 3.63) is 48.6 Å². The summed E-state index contributed by atoms with van der Waals surface area (Å²) in [4.78, 5) is 0. The van der Waals surface area contributed by atoms with Crippen LogP contribution in [0.15, 0.2) is 42.5 Å². The first-order chi connectivity index (χ1) is 10.6. The van der Waals surface area contributed by atoms with Crippen LogP contribution in [0, 0.1) is 0 Å². The Bertz CT molecular complexity index is 571. The van der Waals surface area contributed by atoms with E-state index in [-0.39, 0.29) is 5.11 Å². The monoisotopic (exact) mass is 319 g/mol. The summed E-state index contributed by atoms with van der Waals surface area (Å²) < 4.78 is 11.4. The highest BCUT2D eigenvalue weighted by atomic mass is 32.1. The first kappa shape index (κ1) is 17.7. The van der Waals surface area contributed by atoms with Crippen molar-refractivity contribution in [1.82, 2.24) is 5.43 Å². The summed E-state index contributed by atoms with van der Waals surface area (Å²) in [5.41, 5.74) is 9.65. The van der Waals surface area contributed by atoms with E-state index in [0.29, 0.717) is 31.1 Å². The minimum Gasteiger partial charge on any atom is -0.490 e. The molecule has 0 bridgehead atoms. The second kappa shape index (κ2) is 9.57. The highest BCUT2D eigenvalue weighted by molar-refractivity contribution is 7.80. The molecule has 22 heavy (non-hydrogen) atoms. The van der Waals surface area contributed by atoms with Crippen molar-refractivity contribution in [2.45, 2.75) is 13.3 Å². The fraction of sp³-hybridized carbons (Fsp3) is 0.250. The minimum atomic E-state index is 0.110. The highest BCUT2D eigenvalue weighted by Gasteiger charge is 2.12. The number of rotatable bonds is 9. The number of ether oxygens (including phenoxy) is 2. The molecule has 0 aliphatic carbocycles. The number of nitrogens with two attached hydrogens (primary N) is 1. The molecular formula is C16H21N3O2S. The molecule has 0 atom stereocenters. The van der Waals surface area contributed by atoms with Gasteiger partial charge in [-0.1, -0.05) is 18.7 Å². The maximum atomic E-state index is 5.73. The summed E-state index contributed by atoms with van der Waals surface area (Å²) in [6, 6.07) is 3.80. The van der Waals surface area contributed by atoms with Gasteiger partial charge in [-0.05, 0) is 43.3 Å². The fourth-order valence-corrected chi connectivity index (χ4v) is 1.86. The second-order valence-corrected chi connectivity index (χ2v) is 4.71. The number of nitrogens with zero attached hydrogens (tertiary/aromatic N) is 1. The molecule has 3 N–H and O–H groups in total. The maximum Gasteiger partial charge on any atom is 0.184 e. The summed E-state index contributed by atoms with van der Waals surface area (Å²) in [5.74, 6) is 1.35. The molecule has 6 heteroatoms. The minimum absolute atomic E-state index is 0.110. The first-order valence-electron chi connectivity index (χ1n) is 6.85. The standard InChI is InChI=1S/C16H21N3O2S/c1-4-7-13-9-12(11-18-19-16(17)22)10-14(20-6-3)15(13)21-8-5-2/h4-5,9-11H,1-2,6-8H2,3H3,(H3,17,19,22). The Morgan fingerprint density at radius 2 is 2.14 bits per heavy atom. The molecule has 0 aromatic heterocycles. The van der Waals surface area contributed by atoms with Gasteiger partial charge < -0.3 is 15.2 Å². The number of thiocarbonyl (C=S) groups is 1. The van der Waals surface area contributed by atoms with Gasteiger partial charge in [0.2, 0.25) is 0 Å². The maximum absolute atomic E-state index is 5.73. The van der Waals surface area contributed by atoms with Crippen LogP contribution in [0.5, 0.6) is 11.5 Å². The van der Waals surface area contributed by atoms with E-state index >= 15 is 0 Å². The molecule has 0 radical (unpaired) electrons. The van der Waals surface area contributed by atoms with Crippen molar-refractivity contribution in [2.75, 3.05) is 13.2 Å². The van der Waals surface area contributed by atoms with E-state index in [1.165, 1.54) is 0 Å². The average molecular weight is 319 g/mol. The van der Waals surface area contributed by atoms with Crippen LogP contribution in [-0.4, -0.2) is 24.5 Å². The van der Waals surface area contributed by atoms with E-state index in [1.54, 1.807) is 18.4 Å². The quantitative estimate of drug-likeness (QED) is 0.317. The molecule has 5 nitrogen and oxygen atoms in total.